The SMILES string of the molecule is OCCNC(CO)CCc1ccccc1Oc1ccccc1. The lowest BCUT2D eigenvalue weighted by Gasteiger charge is -2.17. The predicted molar refractivity (Wildman–Crippen MR) is 87.2 cm³/mol. The monoisotopic (exact) mass is 301 g/mol. The zero-order valence-electron chi connectivity index (χ0n) is 12.6. The molecule has 4 heteroatoms. The van der Waals surface area contributed by atoms with Crippen molar-refractivity contribution in [2.75, 3.05) is 19.8 Å². The smallest absolute Gasteiger partial charge is 0.130 e. The van der Waals surface area contributed by atoms with E-state index in [1.54, 1.807) is 0 Å². The molecule has 0 saturated carbocycles. The Balaban J connectivity index is 1.99. The number of rotatable bonds is 9. The van der Waals surface area contributed by atoms with Gasteiger partial charge >= 0.3 is 0 Å². The Hall–Kier alpha value is -1.88. The van der Waals surface area contributed by atoms with E-state index in [2.05, 4.69) is 5.32 Å². The number of para-hydroxylation sites is 2. The molecule has 2 aromatic carbocycles. The molecule has 0 aliphatic carbocycles. The van der Waals surface area contributed by atoms with Gasteiger partial charge in [-0.3, -0.25) is 0 Å². The van der Waals surface area contributed by atoms with Gasteiger partial charge in [0.25, 0.3) is 0 Å². The van der Waals surface area contributed by atoms with Gasteiger partial charge in [0.2, 0.25) is 0 Å². The molecule has 3 N–H and O–H groups in total. The minimum atomic E-state index is -0.0167. The van der Waals surface area contributed by atoms with Crippen LogP contribution in [-0.4, -0.2) is 36.0 Å². The molecule has 118 valence electrons. The summed E-state index contributed by atoms with van der Waals surface area (Å²) in [7, 11) is 0. The molecule has 1 unspecified atom stereocenters. The minimum absolute atomic E-state index is 0.0167. The summed E-state index contributed by atoms with van der Waals surface area (Å²) in [6, 6.07) is 17.6. The van der Waals surface area contributed by atoms with E-state index in [1.165, 1.54) is 0 Å². The zero-order valence-corrected chi connectivity index (χ0v) is 12.6. The molecule has 0 radical (unpaired) electrons. The molecule has 1 atom stereocenters. The third-order valence-corrected chi connectivity index (χ3v) is 3.47. The molecule has 0 bridgehead atoms. The lowest BCUT2D eigenvalue weighted by atomic mass is 10.0. The third-order valence-electron chi connectivity index (χ3n) is 3.47. The fourth-order valence-corrected chi connectivity index (χ4v) is 2.28. The molecule has 4 nitrogen and oxygen atoms in total. The van der Waals surface area contributed by atoms with Gasteiger partial charge < -0.3 is 20.3 Å². The quantitative estimate of drug-likeness (QED) is 0.665. The lowest BCUT2D eigenvalue weighted by Crippen LogP contribution is -2.34. The highest BCUT2D eigenvalue weighted by molar-refractivity contribution is 5.37. The molecule has 0 fully saturated rings. The summed E-state index contributed by atoms with van der Waals surface area (Å²) in [6.07, 6.45) is 1.58. The van der Waals surface area contributed by atoms with Crippen molar-refractivity contribution < 1.29 is 14.9 Å². The molecule has 22 heavy (non-hydrogen) atoms. The second-order valence-corrected chi connectivity index (χ2v) is 5.12. The molecule has 2 aromatic rings. The average Bonchev–Trinajstić information content (AvgIpc) is 2.57. The van der Waals surface area contributed by atoms with E-state index in [1.807, 2.05) is 54.6 Å². The second-order valence-electron chi connectivity index (χ2n) is 5.12. The molecule has 0 spiro atoms. The number of benzene rings is 2. The van der Waals surface area contributed by atoms with Gasteiger partial charge in [-0.15, -0.1) is 0 Å². The van der Waals surface area contributed by atoms with Gasteiger partial charge in [-0.05, 0) is 36.6 Å². The molecular weight excluding hydrogens is 278 g/mol. The van der Waals surface area contributed by atoms with Crippen LogP contribution < -0.4 is 10.1 Å². The fraction of sp³-hybridized carbons (Fsp3) is 0.333. The van der Waals surface area contributed by atoms with Crippen LogP contribution in [0.1, 0.15) is 12.0 Å². The molecule has 0 amide bonds. The summed E-state index contributed by atoms with van der Waals surface area (Å²) in [6.45, 7) is 0.624. The Bertz CT molecular complexity index is 545. The van der Waals surface area contributed by atoms with E-state index in [0.29, 0.717) is 6.54 Å². The summed E-state index contributed by atoms with van der Waals surface area (Å²) in [4.78, 5) is 0. The maximum absolute atomic E-state index is 9.36. The second kappa shape index (κ2) is 9.20. The summed E-state index contributed by atoms with van der Waals surface area (Å²) in [5.41, 5.74) is 1.11. The van der Waals surface area contributed by atoms with Crippen molar-refractivity contribution in [1.29, 1.82) is 0 Å². The van der Waals surface area contributed by atoms with Crippen molar-refractivity contribution in [2.24, 2.45) is 0 Å². The highest BCUT2D eigenvalue weighted by Crippen LogP contribution is 2.26. The van der Waals surface area contributed by atoms with Crippen LogP contribution in [0.3, 0.4) is 0 Å². The highest BCUT2D eigenvalue weighted by Gasteiger charge is 2.09. The first-order valence-electron chi connectivity index (χ1n) is 7.59. The molecule has 0 aliphatic heterocycles. The van der Waals surface area contributed by atoms with E-state index in [9.17, 15) is 5.11 Å². The minimum Gasteiger partial charge on any atom is -0.457 e. The maximum atomic E-state index is 9.36. The molecule has 0 aliphatic rings. The Labute approximate surface area is 131 Å². The molecular formula is C18H23NO3. The van der Waals surface area contributed by atoms with E-state index in [-0.39, 0.29) is 19.3 Å². The van der Waals surface area contributed by atoms with E-state index in [4.69, 9.17) is 9.84 Å². The first-order chi connectivity index (χ1) is 10.8. The molecule has 0 saturated heterocycles. The maximum Gasteiger partial charge on any atom is 0.130 e. The Kier molecular flexibility index (Phi) is 6.90. The highest BCUT2D eigenvalue weighted by atomic mass is 16.5. The summed E-state index contributed by atoms with van der Waals surface area (Å²) >= 11 is 0. The number of ether oxygens (including phenoxy) is 1. The van der Waals surface area contributed by atoms with Crippen molar-refractivity contribution in [3.63, 3.8) is 0 Å². The summed E-state index contributed by atoms with van der Waals surface area (Å²) < 4.78 is 5.93. The van der Waals surface area contributed by atoms with Gasteiger partial charge in [-0.2, -0.15) is 0 Å². The van der Waals surface area contributed by atoms with Crippen LogP contribution in [0.15, 0.2) is 54.6 Å². The number of hydrogen-bond acceptors (Lipinski definition) is 4. The van der Waals surface area contributed by atoms with E-state index in [0.717, 1.165) is 29.9 Å². The number of aryl methyl sites for hydroxylation is 1. The number of nitrogens with one attached hydrogen (secondary N) is 1. The lowest BCUT2D eigenvalue weighted by molar-refractivity contribution is 0.220. The van der Waals surface area contributed by atoms with Crippen LogP contribution in [0.5, 0.6) is 11.5 Å². The van der Waals surface area contributed by atoms with Gasteiger partial charge in [-0.1, -0.05) is 36.4 Å². The number of hydrogen-bond donors (Lipinski definition) is 3. The standard InChI is InChI=1S/C18H23NO3/c20-13-12-19-16(14-21)11-10-15-6-4-5-9-18(15)22-17-7-2-1-3-8-17/h1-9,16,19-21H,10-14H2. The number of aliphatic hydroxyl groups excluding tert-OH is 2. The predicted octanol–water partition coefficient (Wildman–Crippen LogP) is 2.35. The van der Waals surface area contributed by atoms with Crippen molar-refractivity contribution in [1.82, 2.24) is 5.32 Å². The summed E-state index contributed by atoms with van der Waals surface area (Å²) in [5, 5.41) is 21.3. The van der Waals surface area contributed by atoms with Gasteiger partial charge in [0.1, 0.15) is 11.5 Å². The van der Waals surface area contributed by atoms with Crippen LogP contribution in [0.25, 0.3) is 0 Å². The van der Waals surface area contributed by atoms with E-state index >= 15 is 0 Å². The van der Waals surface area contributed by atoms with Crippen LogP contribution >= 0.6 is 0 Å². The fourth-order valence-electron chi connectivity index (χ4n) is 2.28. The summed E-state index contributed by atoms with van der Waals surface area (Å²) in [5.74, 6) is 1.65. The first kappa shape index (κ1) is 16.5. The molecule has 0 aromatic heterocycles. The van der Waals surface area contributed by atoms with Crippen LogP contribution in [0.4, 0.5) is 0 Å². The largest absolute Gasteiger partial charge is 0.457 e. The Morgan fingerprint density at radius 3 is 2.41 bits per heavy atom. The van der Waals surface area contributed by atoms with Crippen molar-refractivity contribution in [3.05, 3.63) is 60.2 Å². The van der Waals surface area contributed by atoms with Crippen LogP contribution in [0.2, 0.25) is 0 Å². The molecule has 2 rings (SSSR count). The topological polar surface area (TPSA) is 61.7 Å². The van der Waals surface area contributed by atoms with Crippen LogP contribution in [0, 0.1) is 0 Å². The van der Waals surface area contributed by atoms with Gasteiger partial charge in [-0.25, -0.2) is 0 Å². The van der Waals surface area contributed by atoms with Crippen molar-refractivity contribution in [2.45, 2.75) is 18.9 Å². The first-order valence-corrected chi connectivity index (χ1v) is 7.59. The van der Waals surface area contributed by atoms with Gasteiger partial charge in [0.15, 0.2) is 0 Å². The molecule has 0 heterocycles. The zero-order chi connectivity index (χ0) is 15.6. The third kappa shape index (κ3) is 5.15. The van der Waals surface area contributed by atoms with Gasteiger partial charge in [0.05, 0.1) is 13.2 Å². The Morgan fingerprint density at radius 1 is 0.955 bits per heavy atom. The Morgan fingerprint density at radius 2 is 1.68 bits per heavy atom. The average molecular weight is 301 g/mol. The van der Waals surface area contributed by atoms with E-state index < -0.39 is 0 Å². The number of aliphatic hydroxyl groups is 2. The van der Waals surface area contributed by atoms with Crippen molar-refractivity contribution >= 4 is 0 Å². The van der Waals surface area contributed by atoms with Gasteiger partial charge in [0, 0.05) is 12.6 Å². The normalized spacial score (nSPS) is 12.1. The van der Waals surface area contributed by atoms with Crippen LogP contribution in [-0.2, 0) is 6.42 Å². The van der Waals surface area contributed by atoms with Crippen molar-refractivity contribution in [3.8, 4) is 11.5 Å².